The van der Waals surface area contributed by atoms with Crippen LogP contribution in [0.25, 0.3) is 0 Å². The minimum absolute atomic E-state index is 0.0182. The second-order valence-electron chi connectivity index (χ2n) is 6.13. The van der Waals surface area contributed by atoms with Crippen molar-refractivity contribution in [2.24, 2.45) is 11.8 Å². The summed E-state index contributed by atoms with van der Waals surface area (Å²) in [5.41, 5.74) is 1.12. The quantitative estimate of drug-likeness (QED) is 0.870. The summed E-state index contributed by atoms with van der Waals surface area (Å²) in [7, 11) is 0. The Morgan fingerprint density at radius 3 is 2.43 bits per heavy atom. The molecule has 5 heteroatoms. The molecule has 1 aromatic rings. The molecule has 1 fully saturated rings. The van der Waals surface area contributed by atoms with E-state index in [1.54, 1.807) is 24.3 Å². The summed E-state index contributed by atoms with van der Waals surface area (Å²) in [6, 6.07) is 10.7. The average Bonchev–Trinajstić information content (AvgIpc) is 2.54. The van der Waals surface area contributed by atoms with Crippen molar-refractivity contribution >= 4 is 11.6 Å². The molecule has 1 aliphatic heterocycles. The highest BCUT2D eigenvalue weighted by Crippen LogP contribution is 2.25. The zero-order chi connectivity index (χ0) is 16.8. The summed E-state index contributed by atoms with van der Waals surface area (Å²) in [6.07, 6.45) is 2.47. The largest absolute Gasteiger partial charge is 0.359 e. The fraction of sp³-hybridized carbons (Fsp3) is 0.389. The number of rotatable bonds is 3. The first-order valence-corrected chi connectivity index (χ1v) is 7.70. The topological polar surface area (TPSA) is 79.9 Å². The molecule has 5 nitrogen and oxygen atoms in total. The summed E-state index contributed by atoms with van der Waals surface area (Å²) >= 11 is 0. The lowest BCUT2D eigenvalue weighted by molar-refractivity contribution is 0.0624. The number of nitrogens with zero attached hydrogens (tertiary/aromatic N) is 3. The molecule has 0 saturated carbocycles. The van der Waals surface area contributed by atoms with Crippen LogP contribution in [0.1, 0.15) is 30.6 Å². The van der Waals surface area contributed by atoms with Crippen molar-refractivity contribution in [2.75, 3.05) is 18.4 Å². The Morgan fingerprint density at radius 2 is 1.83 bits per heavy atom. The van der Waals surface area contributed by atoms with E-state index in [4.69, 9.17) is 10.5 Å². The van der Waals surface area contributed by atoms with Crippen LogP contribution in [0.15, 0.2) is 36.0 Å². The Hall–Kier alpha value is -2.79. The number of likely N-dealkylation sites (tertiary alicyclic amines) is 1. The van der Waals surface area contributed by atoms with E-state index in [2.05, 4.69) is 19.2 Å². The third kappa shape index (κ3) is 4.11. The van der Waals surface area contributed by atoms with E-state index < -0.39 is 0 Å². The molecule has 2 atom stereocenters. The highest BCUT2D eigenvalue weighted by atomic mass is 16.2. The highest BCUT2D eigenvalue weighted by Gasteiger charge is 2.27. The van der Waals surface area contributed by atoms with E-state index in [-0.39, 0.29) is 11.5 Å². The van der Waals surface area contributed by atoms with Crippen LogP contribution in [0.3, 0.4) is 0 Å². The molecule has 1 aliphatic rings. The Balaban J connectivity index is 2.23. The highest BCUT2D eigenvalue weighted by molar-refractivity contribution is 5.99. The van der Waals surface area contributed by atoms with E-state index in [1.807, 2.05) is 17.0 Å². The lowest BCUT2D eigenvalue weighted by atomic mass is 9.91. The zero-order valence-corrected chi connectivity index (χ0v) is 13.4. The van der Waals surface area contributed by atoms with Crippen molar-refractivity contribution in [3.63, 3.8) is 0 Å². The average molecular weight is 308 g/mol. The Labute approximate surface area is 136 Å². The minimum Gasteiger partial charge on any atom is -0.359 e. The van der Waals surface area contributed by atoms with E-state index in [0.717, 1.165) is 19.5 Å². The third-order valence-corrected chi connectivity index (χ3v) is 3.93. The number of hydrogen-bond donors (Lipinski definition) is 1. The fourth-order valence-corrected chi connectivity index (χ4v) is 3.03. The lowest BCUT2D eigenvalue weighted by Gasteiger charge is -2.35. The zero-order valence-electron chi connectivity index (χ0n) is 13.4. The number of para-hydroxylation sites is 1. The maximum absolute atomic E-state index is 12.8. The van der Waals surface area contributed by atoms with Crippen molar-refractivity contribution < 1.29 is 4.79 Å². The number of nitrogens with one attached hydrogen (secondary N) is 1. The van der Waals surface area contributed by atoms with Gasteiger partial charge in [-0.25, -0.2) is 0 Å². The number of carbonyl (C=O) groups excluding carboxylic acids is 1. The van der Waals surface area contributed by atoms with Crippen molar-refractivity contribution in [3.8, 4) is 12.1 Å². The molecule has 1 saturated heterocycles. The van der Waals surface area contributed by atoms with Gasteiger partial charge in [0.05, 0.1) is 11.3 Å². The normalized spacial score (nSPS) is 20.1. The Kier molecular flexibility index (Phi) is 5.38. The first-order valence-electron chi connectivity index (χ1n) is 7.70. The van der Waals surface area contributed by atoms with Gasteiger partial charge in [-0.1, -0.05) is 26.0 Å². The van der Waals surface area contributed by atoms with Gasteiger partial charge in [-0.2, -0.15) is 10.5 Å². The minimum atomic E-state index is -0.0348. The Morgan fingerprint density at radius 1 is 1.22 bits per heavy atom. The first-order chi connectivity index (χ1) is 11.0. The summed E-state index contributed by atoms with van der Waals surface area (Å²) in [6.45, 7) is 5.84. The monoisotopic (exact) mass is 308 g/mol. The van der Waals surface area contributed by atoms with E-state index in [1.165, 1.54) is 6.20 Å². The number of amides is 1. The predicted molar refractivity (Wildman–Crippen MR) is 88.2 cm³/mol. The van der Waals surface area contributed by atoms with E-state index >= 15 is 0 Å². The van der Waals surface area contributed by atoms with Gasteiger partial charge in [0.25, 0.3) is 5.91 Å². The number of piperidine rings is 1. The van der Waals surface area contributed by atoms with Crippen LogP contribution in [0, 0.1) is 34.5 Å². The van der Waals surface area contributed by atoms with Gasteiger partial charge in [0, 0.05) is 19.3 Å². The maximum atomic E-state index is 12.8. The van der Waals surface area contributed by atoms with E-state index in [0.29, 0.717) is 23.1 Å². The number of benzene rings is 1. The molecule has 0 aliphatic carbocycles. The van der Waals surface area contributed by atoms with Gasteiger partial charge in [0.15, 0.2) is 0 Å². The van der Waals surface area contributed by atoms with Crippen LogP contribution in [0.5, 0.6) is 0 Å². The summed E-state index contributed by atoms with van der Waals surface area (Å²) in [4.78, 5) is 14.7. The standard InChI is InChI=1S/C18H20N4O/c1-13-7-14(2)12-22(11-13)18(23)16-5-3-4-6-17(16)21-10-15(8-19)9-20/h3-6,10,13-14,21H,7,11-12H2,1-2H3/t13-,14-/m0/s1. The predicted octanol–water partition coefficient (Wildman–Crippen LogP) is 3.15. The molecule has 0 radical (unpaired) electrons. The maximum Gasteiger partial charge on any atom is 0.255 e. The molecule has 1 aromatic carbocycles. The molecule has 1 amide bonds. The van der Waals surface area contributed by atoms with Gasteiger partial charge in [-0.15, -0.1) is 0 Å². The molecule has 118 valence electrons. The van der Waals surface area contributed by atoms with Crippen LogP contribution in [0.2, 0.25) is 0 Å². The number of nitriles is 2. The number of anilines is 1. The second-order valence-corrected chi connectivity index (χ2v) is 6.13. The SMILES string of the molecule is C[C@H]1C[C@H](C)CN(C(=O)c2ccccc2NC=C(C#N)C#N)C1. The molecular weight excluding hydrogens is 288 g/mol. The van der Waals surface area contributed by atoms with Crippen molar-refractivity contribution in [1.82, 2.24) is 4.90 Å². The van der Waals surface area contributed by atoms with Crippen LogP contribution >= 0.6 is 0 Å². The number of hydrogen-bond acceptors (Lipinski definition) is 4. The van der Waals surface area contributed by atoms with E-state index in [9.17, 15) is 4.79 Å². The molecular formula is C18H20N4O. The van der Waals surface area contributed by atoms with Gasteiger partial charge < -0.3 is 10.2 Å². The van der Waals surface area contributed by atoms with Crippen molar-refractivity contribution in [3.05, 3.63) is 41.6 Å². The van der Waals surface area contributed by atoms with Crippen LogP contribution in [-0.2, 0) is 0 Å². The molecule has 0 unspecified atom stereocenters. The van der Waals surface area contributed by atoms with Gasteiger partial charge >= 0.3 is 0 Å². The van der Waals surface area contributed by atoms with Crippen LogP contribution < -0.4 is 5.32 Å². The van der Waals surface area contributed by atoms with Crippen LogP contribution in [0.4, 0.5) is 5.69 Å². The summed E-state index contributed by atoms with van der Waals surface area (Å²) in [5.74, 6) is 0.966. The molecule has 0 bridgehead atoms. The van der Waals surface area contributed by atoms with Gasteiger partial charge in [-0.05, 0) is 30.4 Å². The molecule has 0 spiro atoms. The van der Waals surface area contributed by atoms with Crippen LogP contribution in [-0.4, -0.2) is 23.9 Å². The first kappa shape index (κ1) is 16.6. The van der Waals surface area contributed by atoms with Crippen molar-refractivity contribution in [1.29, 1.82) is 10.5 Å². The van der Waals surface area contributed by atoms with Gasteiger partial charge in [-0.3, -0.25) is 4.79 Å². The molecule has 1 N–H and O–H groups in total. The number of allylic oxidation sites excluding steroid dienone is 1. The third-order valence-electron chi connectivity index (χ3n) is 3.93. The second kappa shape index (κ2) is 7.47. The molecule has 0 aromatic heterocycles. The molecule has 2 rings (SSSR count). The smallest absolute Gasteiger partial charge is 0.255 e. The molecule has 23 heavy (non-hydrogen) atoms. The fourth-order valence-electron chi connectivity index (χ4n) is 3.03. The summed E-state index contributed by atoms with van der Waals surface area (Å²) in [5, 5.41) is 20.5. The lowest BCUT2D eigenvalue weighted by Crippen LogP contribution is -2.42. The summed E-state index contributed by atoms with van der Waals surface area (Å²) < 4.78 is 0. The van der Waals surface area contributed by atoms with Crippen molar-refractivity contribution in [2.45, 2.75) is 20.3 Å². The number of carbonyl (C=O) groups is 1. The van der Waals surface area contributed by atoms with Gasteiger partial charge in [0.1, 0.15) is 17.7 Å². The van der Waals surface area contributed by atoms with Gasteiger partial charge in [0.2, 0.25) is 0 Å². The molecule has 1 heterocycles. The Bertz CT molecular complexity index is 670.